The minimum Gasteiger partial charge on any atom is -0.462 e. The molecule has 0 amide bonds. The van der Waals surface area contributed by atoms with Crippen molar-refractivity contribution in [1.29, 1.82) is 5.26 Å². The monoisotopic (exact) mass is 580 g/mol. The molecule has 6 rings (SSSR count). The second-order valence-corrected chi connectivity index (χ2v) is 10.9. The number of ether oxygens (including phenoxy) is 1. The Morgan fingerprint density at radius 3 is 2.40 bits per heavy atom. The number of pyridine rings is 2. The molecule has 0 spiro atoms. The van der Waals surface area contributed by atoms with Crippen LogP contribution in [0.2, 0.25) is 0 Å². The Hall–Kier alpha value is -4.75. The highest BCUT2D eigenvalue weighted by Crippen LogP contribution is 2.33. The molecular formula is C33H33FN6O3. The number of hydrogen-bond donors (Lipinski definition) is 0. The van der Waals surface area contributed by atoms with Gasteiger partial charge < -0.3 is 19.1 Å². The van der Waals surface area contributed by atoms with Crippen LogP contribution in [0.15, 0.2) is 65.7 Å². The van der Waals surface area contributed by atoms with Crippen molar-refractivity contribution in [2.45, 2.75) is 26.3 Å². The molecule has 2 aliphatic rings. The predicted octanol–water partition coefficient (Wildman–Crippen LogP) is 4.50. The van der Waals surface area contributed by atoms with E-state index in [1.165, 1.54) is 19.0 Å². The highest BCUT2D eigenvalue weighted by molar-refractivity contribution is 5.98. The number of carbonyl (C=O) groups is 1. The fourth-order valence-corrected chi connectivity index (χ4v) is 6.08. The topological polar surface area (TPSA) is 94.7 Å². The van der Waals surface area contributed by atoms with Crippen molar-refractivity contribution >= 4 is 28.4 Å². The molecule has 2 aromatic carbocycles. The van der Waals surface area contributed by atoms with Gasteiger partial charge in [0, 0.05) is 50.8 Å². The van der Waals surface area contributed by atoms with Crippen LogP contribution in [0.4, 0.5) is 15.9 Å². The van der Waals surface area contributed by atoms with Crippen LogP contribution in [-0.2, 0) is 11.3 Å². The number of anilines is 2. The molecule has 0 radical (unpaired) electrons. The maximum Gasteiger partial charge on any atom is 0.343 e. The molecule has 0 N–H and O–H groups in total. The Morgan fingerprint density at radius 1 is 1.02 bits per heavy atom. The molecule has 220 valence electrons. The minimum absolute atomic E-state index is 0.0448. The van der Waals surface area contributed by atoms with Gasteiger partial charge in [0.2, 0.25) is 5.43 Å². The Kier molecular flexibility index (Phi) is 8.07. The highest BCUT2D eigenvalue weighted by Gasteiger charge is 2.28. The molecule has 9 nitrogen and oxygen atoms in total. The van der Waals surface area contributed by atoms with Crippen molar-refractivity contribution in [3.05, 3.63) is 93.7 Å². The van der Waals surface area contributed by atoms with Gasteiger partial charge in [0.25, 0.3) is 0 Å². The van der Waals surface area contributed by atoms with Gasteiger partial charge in [-0.1, -0.05) is 18.2 Å². The number of likely N-dealkylation sites (tertiary alicyclic amines) is 1. The number of piperazine rings is 1. The third-order valence-electron chi connectivity index (χ3n) is 8.21. The molecular weight excluding hydrogens is 547 g/mol. The lowest BCUT2D eigenvalue weighted by molar-refractivity contribution is 0.0524. The molecule has 2 aromatic heterocycles. The fraction of sp³-hybridized carbons (Fsp3) is 0.333. The van der Waals surface area contributed by atoms with Gasteiger partial charge in [0.05, 0.1) is 23.2 Å². The van der Waals surface area contributed by atoms with Crippen LogP contribution in [-0.4, -0.2) is 66.3 Å². The smallest absolute Gasteiger partial charge is 0.343 e. The molecule has 2 fully saturated rings. The van der Waals surface area contributed by atoms with Crippen molar-refractivity contribution in [1.82, 2.24) is 14.5 Å². The summed E-state index contributed by atoms with van der Waals surface area (Å²) >= 11 is 0. The average Bonchev–Trinajstić information content (AvgIpc) is 3.55. The predicted molar refractivity (Wildman–Crippen MR) is 163 cm³/mol. The van der Waals surface area contributed by atoms with Crippen LogP contribution in [0.25, 0.3) is 16.6 Å². The van der Waals surface area contributed by atoms with E-state index < -0.39 is 17.2 Å². The zero-order chi connectivity index (χ0) is 29.9. The number of nitriles is 1. The summed E-state index contributed by atoms with van der Waals surface area (Å²) in [5.74, 6) is -0.626. The number of nitrogens with zero attached hydrogens (tertiary/aromatic N) is 6. The van der Waals surface area contributed by atoms with Crippen LogP contribution in [0.3, 0.4) is 0 Å². The first-order chi connectivity index (χ1) is 21.0. The third-order valence-corrected chi connectivity index (χ3v) is 8.21. The molecule has 0 bridgehead atoms. The van der Waals surface area contributed by atoms with E-state index in [4.69, 9.17) is 4.74 Å². The van der Waals surface area contributed by atoms with E-state index in [-0.39, 0.29) is 34.3 Å². The molecule has 2 aliphatic heterocycles. The van der Waals surface area contributed by atoms with Crippen LogP contribution in [0, 0.1) is 17.1 Å². The molecule has 2 saturated heterocycles. The SMILES string of the molecule is CCOC(=O)c1cn(-c2ccc(CN3CCCC3)cc2)c2c(C#N)c(N3CCN(c4ccccn4)CC3)c(F)cc2c1=O. The van der Waals surface area contributed by atoms with Gasteiger partial charge in [-0.2, -0.15) is 5.26 Å². The summed E-state index contributed by atoms with van der Waals surface area (Å²) in [7, 11) is 0. The molecule has 4 heterocycles. The summed E-state index contributed by atoms with van der Waals surface area (Å²) < 4.78 is 22.7. The maximum absolute atomic E-state index is 15.9. The first-order valence-electron chi connectivity index (χ1n) is 14.7. The second kappa shape index (κ2) is 12.2. The summed E-state index contributed by atoms with van der Waals surface area (Å²) in [4.78, 5) is 37.2. The Morgan fingerprint density at radius 2 is 1.74 bits per heavy atom. The lowest BCUT2D eigenvalue weighted by Crippen LogP contribution is -2.47. The molecule has 43 heavy (non-hydrogen) atoms. The van der Waals surface area contributed by atoms with Gasteiger partial charge in [-0.3, -0.25) is 9.69 Å². The molecule has 10 heteroatoms. The number of hydrogen-bond acceptors (Lipinski definition) is 8. The number of benzene rings is 2. The van der Waals surface area contributed by atoms with E-state index >= 15 is 4.39 Å². The summed E-state index contributed by atoms with van der Waals surface area (Å²) in [5, 5.41) is 10.4. The number of aromatic nitrogens is 2. The maximum atomic E-state index is 15.9. The molecule has 0 atom stereocenters. The second-order valence-electron chi connectivity index (χ2n) is 10.9. The standard InChI is InChI=1S/C33H33FN6O3/c1-2-43-33(42)27-22-40(24-10-8-23(9-11-24)21-37-13-5-6-14-37)30-25(32(27)41)19-28(34)31(26(30)20-35)39-17-15-38(16-18-39)29-7-3-4-12-36-29/h3-4,7-12,19,22H,2,5-6,13-18,21H2,1H3. The average molecular weight is 581 g/mol. The number of esters is 1. The van der Waals surface area contributed by atoms with Crippen LogP contribution < -0.4 is 15.2 Å². The van der Waals surface area contributed by atoms with Gasteiger partial charge in [-0.25, -0.2) is 14.2 Å². The Bertz CT molecular complexity index is 1740. The van der Waals surface area contributed by atoms with E-state index in [0.29, 0.717) is 31.9 Å². The van der Waals surface area contributed by atoms with Crippen molar-refractivity contribution < 1.29 is 13.9 Å². The van der Waals surface area contributed by atoms with Gasteiger partial charge in [-0.15, -0.1) is 0 Å². The molecule has 0 aliphatic carbocycles. The zero-order valence-electron chi connectivity index (χ0n) is 24.1. The minimum atomic E-state index is -0.789. The number of rotatable bonds is 7. The summed E-state index contributed by atoms with van der Waals surface area (Å²) in [6.45, 7) is 6.83. The number of fused-ring (bicyclic) bond motifs is 1. The van der Waals surface area contributed by atoms with Gasteiger partial charge in [-0.05, 0) is 68.8 Å². The van der Waals surface area contributed by atoms with E-state index in [1.807, 2.05) is 47.4 Å². The van der Waals surface area contributed by atoms with E-state index in [0.717, 1.165) is 37.1 Å². The van der Waals surface area contributed by atoms with Crippen LogP contribution in [0.1, 0.15) is 41.3 Å². The van der Waals surface area contributed by atoms with Gasteiger partial charge in [0.1, 0.15) is 28.8 Å². The molecule has 0 unspecified atom stereocenters. The fourth-order valence-electron chi connectivity index (χ4n) is 6.08. The number of carbonyl (C=O) groups excluding carboxylic acids is 1. The zero-order valence-corrected chi connectivity index (χ0v) is 24.1. The van der Waals surface area contributed by atoms with Crippen molar-refractivity contribution in [3.8, 4) is 11.8 Å². The quantitative estimate of drug-likeness (QED) is 0.295. The number of halogens is 1. The van der Waals surface area contributed by atoms with E-state index in [2.05, 4.69) is 20.9 Å². The van der Waals surface area contributed by atoms with Crippen LogP contribution >= 0.6 is 0 Å². The summed E-state index contributed by atoms with van der Waals surface area (Å²) in [5.41, 5.74) is 1.37. The van der Waals surface area contributed by atoms with Crippen molar-refractivity contribution in [2.75, 3.05) is 55.7 Å². The normalized spacial score (nSPS) is 15.6. The van der Waals surface area contributed by atoms with Gasteiger partial charge >= 0.3 is 5.97 Å². The van der Waals surface area contributed by atoms with E-state index in [1.54, 1.807) is 17.7 Å². The summed E-state index contributed by atoms with van der Waals surface area (Å²) in [6, 6.07) is 16.9. The van der Waals surface area contributed by atoms with E-state index in [9.17, 15) is 14.9 Å². The Balaban J connectivity index is 1.45. The summed E-state index contributed by atoms with van der Waals surface area (Å²) in [6.07, 6.45) is 5.55. The van der Waals surface area contributed by atoms with Crippen molar-refractivity contribution in [2.24, 2.45) is 0 Å². The first kappa shape index (κ1) is 28.4. The largest absolute Gasteiger partial charge is 0.462 e. The first-order valence-corrected chi connectivity index (χ1v) is 14.7. The van der Waals surface area contributed by atoms with Gasteiger partial charge in [0.15, 0.2) is 0 Å². The lowest BCUT2D eigenvalue weighted by Gasteiger charge is -2.37. The molecule has 4 aromatic rings. The molecule has 0 saturated carbocycles. The van der Waals surface area contributed by atoms with Crippen molar-refractivity contribution in [3.63, 3.8) is 0 Å². The lowest BCUT2D eigenvalue weighted by atomic mass is 10.0. The van der Waals surface area contributed by atoms with Crippen LogP contribution in [0.5, 0.6) is 0 Å². The third kappa shape index (κ3) is 5.56. The highest BCUT2D eigenvalue weighted by atomic mass is 19.1. The Labute approximate surface area is 249 Å².